The molecule has 0 radical (unpaired) electrons. The molecule has 1 saturated heterocycles. The van der Waals surface area contributed by atoms with Gasteiger partial charge in [-0.2, -0.15) is 4.98 Å². The van der Waals surface area contributed by atoms with E-state index in [0.29, 0.717) is 30.6 Å². The summed E-state index contributed by atoms with van der Waals surface area (Å²) in [5.74, 6) is 0.0138. The van der Waals surface area contributed by atoms with E-state index < -0.39 is 11.6 Å². The molecule has 5 rings (SSSR count). The van der Waals surface area contributed by atoms with Crippen molar-refractivity contribution in [3.8, 4) is 0 Å². The van der Waals surface area contributed by atoms with Crippen LogP contribution in [0.2, 0.25) is 0 Å². The zero-order valence-corrected chi connectivity index (χ0v) is 21.1. The van der Waals surface area contributed by atoms with Crippen molar-refractivity contribution in [3.63, 3.8) is 0 Å². The lowest BCUT2D eigenvalue weighted by Crippen LogP contribution is -2.35. The summed E-state index contributed by atoms with van der Waals surface area (Å²) in [5, 5.41) is 7.13. The molecule has 4 aromatic rings. The predicted molar refractivity (Wildman–Crippen MR) is 134 cm³/mol. The lowest BCUT2D eigenvalue weighted by Gasteiger charge is -2.31. The zero-order chi connectivity index (χ0) is 26.3. The van der Waals surface area contributed by atoms with Crippen molar-refractivity contribution < 1.29 is 18.1 Å². The first-order chi connectivity index (χ1) is 17.7. The van der Waals surface area contributed by atoms with Crippen LogP contribution in [0.15, 0.2) is 35.2 Å². The van der Waals surface area contributed by atoms with Gasteiger partial charge in [0.15, 0.2) is 5.82 Å². The molecule has 12 heteroatoms. The normalized spacial score (nSPS) is 14.5. The van der Waals surface area contributed by atoms with Gasteiger partial charge in [0.2, 0.25) is 5.89 Å². The smallest absolute Gasteiger partial charge is 0.266 e. The minimum Gasteiger partial charge on any atom is -0.345 e. The van der Waals surface area contributed by atoms with Gasteiger partial charge in [0.25, 0.3) is 11.9 Å². The molecular weight excluding hydrogens is 482 g/mol. The molecule has 1 aromatic carbocycles. The van der Waals surface area contributed by atoms with Crippen LogP contribution < -0.4 is 10.2 Å². The highest BCUT2D eigenvalue weighted by Gasteiger charge is 2.27. The molecule has 0 spiro atoms. The summed E-state index contributed by atoms with van der Waals surface area (Å²) in [6.45, 7) is 5.36. The number of piperidine rings is 1. The van der Waals surface area contributed by atoms with Gasteiger partial charge in [-0.25, -0.2) is 18.7 Å². The second kappa shape index (κ2) is 9.75. The van der Waals surface area contributed by atoms with Crippen molar-refractivity contribution in [1.82, 2.24) is 29.6 Å². The molecule has 1 amide bonds. The fraction of sp³-hybridized carbons (Fsp3) is 0.400. The minimum absolute atomic E-state index is 0.00976. The topological polar surface area (TPSA) is 105 Å². The van der Waals surface area contributed by atoms with E-state index in [4.69, 9.17) is 4.52 Å². The van der Waals surface area contributed by atoms with Crippen molar-refractivity contribution in [2.45, 2.75) is 38.6 Å². The molecule has 10 nitrogen and oxygen atoms in total. The maximum Gasteiger partial charge on any atom is 0.266 e. The molecular formula is C25H28F2N8O2. The Morgan fingerprint density at radius 3 is 2.57 bits per heavy atom. The Hall–Kier alpha value is -4.09. The third-order valence-corrected chi connectivity index (χ3v) is 6.50. The van der Waals surface area contributed by atoms with E-state index in [1.54, 1.807) is 14.1 Å². The molecule has 37 heavy (non-hydrogen) atoms. The first-order valence-electron chi connectivity index (χ1n) is 12.1. The molecule has 1 fully saturated rings. The number of aromatic nitrogens is 5. The summed E-state index contributed by atoms with van der Waals surface area (Å²) < 4.78 is 37.1. The second-order valence-corrected chi connectivity index (χ2v) is 9.63. The monoisotopic (exact) mass is 510 g/mol. The summed E-state index contributed by atoms with van der Waals surface area (Å²) in [6, 6.07) is 4.10. The fourth-order valence-electron chi connectivity index (χ4n) is 4.48. The molecule has 194 valence electrons. The Bertz CT molecular complexity index is 1440. The number of halogens is 2. The molecule has 0 aliphatic carbocycles. The van der Waals surface area contributed by atoms with Crippen LogP contribution in [0, 0.1) is 11.6 Å². The number of nitrogens with one attached hydrogen (secondary N) is 1. The number of amides is 1. The number of anilines is 3. The standard InChI is InChI=1S/C25H28F2N8O2/c1-14(2)23-31-25(32-37-23)34-9-7-16(8-10-34)35-12-18(27)20-21(28-13-29-22(20)35)30-19-6-5-15(11-17(19)26)24(36)33(3)4/h5-6,11-14,16H,7-10H2,1-4H3,(H,28,29,30). The van der Waals surface area contributed by atoms with E-state index in [0.717, 1.165) is 18.9 Å². The Morgan fingerprint density at radius 1 is 1.16 bits per heavy atom. The summed E-state index contributed by atoms with van der Waals surface area (Å²) >= 11 is 0. The maximum atomic E-state index is 15.2. The van der Waals surface area contributed by atoms with Gasteiger partial charge in [-0.3, -0.25) is 4.79 Å². The summed E-state index contributed by atoms with van der Waals surface area (Å²) in [6.07, 6.45) is 4.21. The van der Waals surface area contributed by atoms with E-state index >= 15 is 4.39 Å². The summed E-state index contributed by atoms with van der Waals surface area (Å²) in [5.41, 5.74) is 0.720. The molecule has 0 bridgehead atoms. The van der Waals surface area contributed by atoms with Crippen LogP contribution in [0.25, 0.3) is 11.0 Å². The number of hydrogen-bond acceptors (Lipinski definition) is 8. The number of benzene rings is 1. The first kappa shape index (κ1) is 24.6. The number of fused-ring (bicyclic) bond motifs is 1. The third-order valence-electron chi connectivity index (χ3n) is 6.50. The number of carbonyl (C=O) groups is 1. The highest BCUT2D eigenvalue weighted by Crippen LogP contribution is 2.33. The Labute approximate surface area is 212 Å². The lowest BCUT2D eigenvalue weighted by molar-refractivity contribution is 0.0827. The van der Waals surface area contributed by atoms with E-state index in [2.05, 4.69) is 30.3 Å². The number of rotatable bonds is 6. The van der Waals surface area contributed by atoms with Crippen molar-refractivity contribution in [1.29, 1.82) is 0 Å². The van der Waals surface area contributed by atoms with Crippen molar-refractivity contribution in [2.24, 2.45) is 0 Å². The van der Waals surface area contributed by atoms with Gasteiger partial charge < -0.3 is 24.2 Å². The van der Waals surface area contributed by atoms with Crippen LogP contribution in [0.5, 0.6) is 0 Å². The average molecular weight is 511 g/mol. The van der Waals surface area contributed by atoms with Gasteiger partial charge in [0, 0.05) is 50.9 Å². The van der Waals surface area contributed by atoms with Crippen LogP contribution in [0.1, 0.15) is 54.9 Å². The van der Waals surface area contributed by atoms with Gasteiger partial charge >= 0.3 is 0 Å². The largest absolute Gasteiger partial charge is 0.345 e. The number of hydrogen-bond donors (Lipinski definition) is 1. The van der Waals surface area contributed by atoms with Gasteiger partial charge in [0.1, 0.15) is 23.6 Å². The maximum absolute atomic E-state index is 15.2. The second-order valence-electron chi connectivity index (χ2n) is 9.63. The third kappa shape index (κ3) is 4.70. The molecule has 1 aliphatic heterocycles. The van der Waals surface area contributed by atoms with Crippen LogP contribution >= 0.6 is 0 Å². The van der Waals surface area contributed by atoms with E-state index in [9.17, 15) is 9.18 Å². The van der Waals surface area contributed by atoms with Gasteiger partial charge in [0.05, 0.1) is 11.1 Å². The van der Waals surface area contributed by atoms with Gasteiger partial charge in [-0.05, 0) is 36.2 Å². The summed E-state index contributed by atoms with van der Waals surface area (Å²) in [4.78, 5) is 28.5. The molecule has 0 saturated carbocycles. The van der Waals surface area contributed by atoms with Crippen LogP contribution in [0.3, 0.4) is 0 Å². The van der Waals surface area contributed by atoms with Gasteiger partial charge in [-0.15, -0.1) is 0 Å². The molecule has 3 aromatic heterocycles. The summed E-state index contributed by atoms with van der Waals surface area (Å²) in [7, 11) is 3.18. The lowest BCUT2D eigenvalue weighted by atomic mass is 10.1. The van der Waals surface area contributed by atoms with Crippen molar-refractivity contribution in [2.75, 3.05) is 37.4 Å². The Morgan fingerprint density at radius 2 is 1.92 bits per heavy atom. The number of carbonyl (C=O) groups excluding carboxylic acids is 1. The first-order valence-corrected chi connectivity index (χ1v) is 12.1. The highest BCUT2D eigenvalue weighted by atomic mass is 19.1. The van der Waals surface area contributed by atoms with Crippen LogP contribution in [0.4, 0.5) is 26.2 Å². The number of nitrogens with zero attached hydrogens (tertiary/aromatic N) is 7. The van der Waals surface area contributed by atoms with E-state index in [-0.39, 0.29) is 40.3 Å². The van der Waals surface area contributed by atoms with E-state index in [1.165, 1.54) is 29.6 Å². The molecule has 0 unspecified atom stereocenters. The van der Waals surface area contributed by atoms with E-state index in [1.807, 2.05) is 18.4 Å². The van der Waals surface area contributed by atoms with Crippen molar-refractivity contribution >= 4 is 34.4 Å². The molecule has 1 N–H and O–H groups in total. The average Bonchev–Trinajstić information content (AvgIpc) is 3.51. The highest BCUT2D eigenvalue weighted by molar-refractivity contribution is 5.95. The molecule has 1 aliphatic rings. The van der Waals surface area contributed by atoms with Gasteiger partial charge in [-0.1, -0.05) is 13.8 Å². The Kier molecular flexibility index (Phi) is 6.48. The van der Waals surface area contributed by atoms with Crippen LogP contribution in [-0.4, -0.2) is 62.7 Å². The minimum atomic E-state index is -0.645. The zero-order valence-electron chi connectivity index (χ0n) is 21.1. The molecule has 4 heterocycles. The Balaban J connectivity index is 1.36. The molecule has 0 atom stereocenters. The van der Waals surface area contributed by atoms with Crippen molar-refractivity contribution in [3.05, 3.63) is 53.8 Å². The van der Waals surface area contributed by atoms with Crippen LogP contribution in [-0.2, 0) is 0 Å². The SMILES string of the molecule is CC(C)c1nc(N2CCC(n3cc(F)c4c(Nc5ccc(C(=O)N(C)C)cc5F)ncnc43)CC2)no1. The fourth-order valence-corrected chi connectivity index (χ4v) is 4.48. The predicted octanol–water partition coefficient (Wildman–Crippen LogP) is 4.50. The quantitative estimate of drug-likeness (QED) is 0.404.